The molecule has 1 aliphatic rings. The van der Waals surface area contributed by atoms with Crippen molar-refractivity contribution in [2.45, 2.75) is 25.4 Å². The Balaban J connectivity index is 1.45. The van der Waals surface area contributed by atoms with E-state index in [2.05, 4.69) is 10.2 Å². The molecule has 0 aliphatic carbocycles. The summed E-state index contributed by atoms with van der Waals surface area (Å²) in [6, 6.07) is 10.0. The van der Waals surface area contributed by atoms with E-state index in [4.69, 9.17) is 21.1 Å². The van der Waals surface area contributed by atoms with Crippen LogP contribution in [-0.4, -0.2) is 53.1 Å². The van der Waals surface area contributed by atoms with E-state index in [1.807, 2.05) is 0 Å². The molecule has 1 atom stereocenters. The Morgan fingerprint density at radius 3 is 2.48 bits per heavy atom. The van der Waals surface area contributed by atoms with E-state index in [9.17, 15) is 9.59 Å². The van der Waals surface area contributed by atoms with E-state index in [-0.39, 0.29) is 30.6 Å². The zero-order valence-corrected chi connectivity index (χ0v) is 15.7. The van der Waals surface area contributed by atoms with Crippen molar-refractivity contribution >= 4 is 23.3 Å². The molecule has 0 N–H and O–H groups in total. The molecular weight excluding hydrogens is 370 g/mol. The van der Waals surface area contributed by atoms with E-state index in [0.717, 1.165) is 0 Å². The van der Waals surface area contributed by atoms with Crippen LogP contribution in [0.1, 0.15) is 29.6 Å². The molecular formula is C19H20ClN3O4. The highest BCUT2D eigenvalue weighted by Crippen LogP contribution is 2.19. The summed E-state index contributed by atoms with van der Waals surface area (Å²) in [4.78, 5) is 26.3. The summed E-state index contributed by atoms with van der Waals surface area (Å²) in [6.07, 6.45) is 0.927. The highest BCUT2D eigenvalue weighted by Gasteiger charge is 2.28. The van der Waals surface area contributed by atoms with Crippen molar-refractivity contribution in [3.63, 3.8) is 0 Å². The van der Waals surface area contributed by atoms with Gasteiger partial charge >= 0.3 is 0 Å². The number of Topliss-reactive ketones (excluding diaryl/α,β-unsaturated/α-hetero) is 1. The van der Waals surface area contributed by atoms with Gasteiger partial charge in [-0.1, -0.05) is 11.6 Å². The number of amides is 1. The van der Waals surface area contributed by atoms with Crippen molar-refractivity contribution in [2.24, 2.45) is 0 Å². The summed E-state index contributed by atoms with van der Waals surface area (Å²) in [5.41, 5.74) is 0.563. The smallest absolute Gasteiger partial charge is 0.233 e. The van der Waals surface area contributed by atoms with Gasteiger partial charge in [-0.05, 0) is 24.3 Å². The van der Waals surface area contributed by atoms with E-state index in [1.54, 1.807) is 41.3 Å². The fourth-order valence-electron chi connectivity index (χ4n) is 2.86. The van der Waals surface area contributed by atoms with Gasteiger partial charge in [0.25, 0.3) is 0 Å². The van der Waals surface area contributed by atoms with Crippen LogP contribution >= 0.6 is 11.6 Å². The first-order chi connectivity index (χ1) is 13.0. The summed E-state index contributed by atoms with van der Waals surface area (Å²) in [7, 11) is 1.52. The third-order valence-electron chi connectivity index (χ3n) is 4.34. The van der Waals surface area contributed by atoms with E-state index in [1.165, 1.54) is 7.11 Å². The molecule has 7 nitrogen and oxygen atoms in total. The van der Waals surface area contributed by atoms with Crippen LogP contribution < -0.4 is 9.47 Å². The van der Waals surface area contributed by atoms with Gasteiger partial charge in [-0.3, -0.25) is 9.59 Å². The van der Waals surface area contributed by atoms with Gasteiger partial charge < -0.3 is 14.4 Å². The number of methoxy groups -OCH3 is 1. The van der Waals surface area contributed by atoms with Crippen molar-refractivity contribution < 1.29 is 19.1 Å². The number of ketones is 1. The molecule has 3 rings (SSSR count). The number of hydrogen-bond acceptors (Lipinski definition) is 6. The number of halogens is 1. The van der Waals surface area contributed by atoms with E-state index >= 15 is 0 Å². The van der Waals surface area contributed by atoms with Gasteiger partial charge in [-0.15, -0.1) is 10.2 Å². The fraction of sp³-hybridized carbons (Fsp3) is 0.368. The van der Waals surface area contributed by atoms with Crippen LogP contribution in [0.15, 0.2) is 36.4 Å². The number of rotatable bonds is 7. The normalized spacial score (nSPS) is 16.2. The minimum Gasteiger partial charge on any atom is -0.480 e. The van der Waals surface area contributed by atoms with Crippen LogP contribution in [0.4, 0.5) is 0 Å². The van der Waals surface area contributed by atoms with Crippen LogP contribution in [0.2, 0.25) is 5.02 Å². The molecule has 1 aromatic heterocycles. The van der Waals surface area contributed by atoms with E-state index in [0.29, 0.717) is 41.9 Å². The molecule has 0 radical (unpaired) electrons. The van der Waals surface area contributed by atoms with Gasteiger partial charge in [0.05, 0.1) is 13.7 Å². The zero-order chi connectivity index (χ0) is 19.2. The van der Waals surface area contributed by atoms with Gasteiger partial charge in [0.2, 0.25) is 17.7 Å². The predicted molar refractivity (Wildman–Crippen MR) is 99.2 cm³/mol. The summed E-state index contributed by atoms with van der Waals surface area (Å²) < 4.78 is 10.7. The number of benzene rings is 1. The predicted octanol–water partition coefficient (Wildman–Crippen LogP) is 2.78. The van der Waals surface area contributed by atoms with Crippen LogP contribution in [0, 0.1) is 0 Å². The second-order valence-electron chi connectivity index (χ2n) is 6.21. The summed E-state index contributed by atoms with van der Waals surface area (Å²) >= 11 is 5.82. The standard InChI is InChI=1S/C19H20ClN3O4/c1-26-17-7-8-18(22-21-17)27-15-10-11-23(12-15)19(25)9-6-16(24)13-2-4-14(20)5-3-13/h2-5,7-8,15H,6,9-12H2,1H3. The Morgan fingerprint density at radius 2 is 1.81 bits per heavy atom. The first-order valence-corrected chi connectivity index (χ1v) is 9.04. The molecule has 0 bridgehead atoms. The average Bonchev–Trinajstić information content (AvgIpc) is 3.15. The number of carbonyl (C=O) groups excluding carboxylic acids is 2. The molecule has 0 saturated carbocycles. The highest BCUT2D eigenvalue weighted by atomic mass is 35.5. The van der Waals surface area contributed by atoms with Crippen LogP contribution in [0.25, 0.3) is 0 Å². The van der Waals surface area contributed by atoms with Crippen LogP contribution in [0.3, 0.4) is 0 Å². The lowest BCUT2D eigenvalue weighted by molar-refractivity contribution is -0.130. The number of hydrogen-bond donors (Lipinski definition) is 0. The first-order valence-electron chi connectivity index (χ1n) is 8.66. The molecule has 1 amide bonds. The quantitative estimate of drug-likeness (QED) is 0.677. The summed E-state index contributed by atoms with van der Waals surface area (Å²) in [6.45, 7) is 1.07. The molecule has 1 saturated heterocycles. The van der Waals surface area contributed by atoms with Crippen LogP contribution in [-0.2, 0) is 4.79 Å². The Labute approximate surface area is 162 Å². The van der Waals surface area contributed by atoms with Crippen LogP contribution in [0.5, 0.6) is 11.8 Å². The van der Waals surface area contributed by atoms with Gasteiger partial charge in [0, 0.05) is 48.5 Å². The largest absolute Gasteiger partial charge is 0.480 e. The number of ether oxygens (including phenoxy) is 2. The molecule has 1 unspecified atom stereocenters. The Kier molecular flexibility index (Phi) is 6.24. The van der Waals surface area contributed by atoms with Gasteiger partial charge in [0.1, 0.15) is 6.10 Å². The molecule has 1 aliphatic heterocycles. The lowest BCUT2D eigenvalue weighted by atomic mass is 10.1. The first kappa shape index (κ1) is 19.1. The minimum absolute atomic E-state index is 0.0516. The lowest BCUT2D eigenvalue weighted by Gasteiger charge is -2.16. The molecule has 0 spiro atoms. The summed E-state index contributed by atoms with van der Waals surface area (Å²) in [5.74, 6) is 0.689. The topological polar surface area (TPSA) is 81.6 Å². The monoisotopic (exact) mass is 389 g/mol. The van der Waals surface area contributed by atoms with Crippen molar-refractivity contribution in [3.8, 4) is 11.8 Å². The number of likely N-dealkylation sites (tertiary alicyclic amines) is 1. The highest BCUT2D eigenvalue weighted by molar-refractivity contribution is 6.30. The average molecular weight is 390 g/mol. The summed E-state index contributed by atoms with van der Waals surface area (Å²) in [5, 5.41) is 8.36. The molecule has 2 aromatic rings. The van der Waals surface area contributed by atoms with Gasteiger partial charge in [-0.25, -0.2) is 0 Å². The van der Waals surface area contributed by atoms with E-state index < -0.39 is 0 Å². The number of aromatic nitrogens is 2. The Morgan fingerprint density at radius 1 is 1.11 bits per heavy atom. The maximum absolute atomic E-state index is 12.4. The lowest BCUT2D eigenvalue weighted by Crippen LogP contribution is -2.31. The third-order valence-corrected chi connectivity index (χ3v) is 4.59. The van der Waals surface area contributed by atoms with Crippen molar-refractivity contribution in [1.29, 1.82) is 0 Å². The SMILES string of the molecule is COc1ccc(OC2CCN(C(=O)CCC(=O)c3ccc(Cl)cc3)C2)nn1. The van der Waals surface area contributed by atoms with Crippen molar-refractivity contribution in [1.82, 2.24) is 15.1 Å². The molecule has 1 fully saturated rings. The number of nitrogens with zero attached hydrogens (tertiary/aromatic N) is 3. The molecule has 142 valence electrons. The minimum atomic E-state index is -0.136. The fourth-order valence-corrected chi connectivity index (χ4v) is 2.99. The Hall–Kier alpha value is -2.67. The molecule has 27 heavy (non-hydrogen) atoms. The number of carbonyl (C=O) groups is 2. The third kappa shape index (κ3) is 5.17. The zero-order valence-electron chi connectivity index (χ0n) is 14.9. The van der Waals surface area contributed by atoms with Crippen molar-refractivity contribution in [2.75, 3.05) is 20.2 Å². The maximum Gasteiger partial charge on any atom is 0.233 e. The second-order valence-corrected chi connectivity index (χ2v) is 6.65. The van der Waals surface area contributed by atoms with Gasteiger partial charge in [0.15, 0.2) is 5.78 Å². The van der Waals surface area contributed by atoms with Crippen molar-refractivity contribution in [3.05, 3.63) is 47.0 Å². The maximum atomic E-state index is 12.4. The second kappa shape index (κ2) is 8.81. The Bertz CT molecular complexity index is 796. The molecule has 8 heteroatoms. The molecule has 1 aromatic carbocycles. The molecule has 2 heterocycles. The van der Waals surface area contributed by atoms with Gasteiger partial charge in [-0.2, -0.15) is 0 Å².